The number of aromatic nitrogens is 2. The highest BCUT2D eigenvalue weighted by molar-refractivity contribution is 5.33. The first-order chi connectivity index (χ1) is 6.96. The Balaban J connectivity index is 2.90. The van der Waals surface area contributed by atoms with Crippen molar-refractivity contribution in [1.82, 2.24) is 9.97 Å². The smallest absolute Gasteiger partial charge is 0.226 e. The summed E-state index contributed by atoms with van der Waals surface area (Å²) in [5, 5.41) is 3.28. The summed E-state index contributed by atoms with van der Waals surface area (Å²) in [5.41, 5.74) is 0.898. The fraction of sp³-hybridized carbons (Fsp3) is 0.636. The highest BCUT2D eigenvalue weighted by Gasteiger charge is 2.16. The van der Waals surface area contributed by atoms with Crippen molar-refractivity contribution in [3.63, 3.8) is 0 Å². The molecule has 84 valence electrons. The van der Waals surface area contributed by atoms with E-state index < -0.39 is 0 Å². The van der Waals surface area contributed by atoms with E-state index in [-0.39, 0.29) is 5.54 Å². The van der Waals surface area contributed by atoms with E-state index in [1.807, 2.05) is 13.0 Å². The number of hydrogen-bond donors (Lipinski definition) is 1. The maximum absolute atomic E-state index is 5.09. The lowest BCUT2D eigenvalue weighted by molar-refractivity contribution is 0.396. The summed E-state index contributed by atoms with van der Waals surface area (Å²) in [6.07, 6.45) is 1.01. The second-order valence-corrected chi connectivity index (χ2v) is 4.24. The van der Waals surface area contributed by atoms with E-state index in [0.717, 1.165) is 12.1 Å². The molecule has 0 aliphatic carbocycles. The van der Waals surface area contributed by atoms with E-state index in [0.29, 0.717) is 11.8 Å². The zero-order valence-electron chi connectivity index (χ0n) is 10.1. The number of nitrogens with one attached hydrogen (secondary N) is 1. The molecule has 1 N–H and O–H groups in total. The summed E-state index contributed by atoms with van der Waals surface area (Å²) in [5.74, 6) is 1.22. The molecule has 0 amide bonds. The first-order valence-corrected chi connectivity index (χ1v) is 5.14. The Morgan fingerprint density at radius 3 is 2.60 bits per heavy atom. The minimum Gasteiger partial charge on any atom is -0.481 e. The molecule has 0 saturated carbocycles. The highest BCUT2D eigenvalue weighted by atomic mass is 16.5. The molecule has 4 heteroatoms. The Kier molecular flexibility index (Phi) is 3.50. The number of rotatable bonds is 4. The van der Waals surface area contributed by atoms with Gasteiger partial charge in [0.1, 0.15) is 0 Å². The summed E-state index contributed by atoms with van der Waals surface area (Å²) in [6.45, 7) is 8.28. The van der Waals surface area contributed by atoms with Crippen LogP contribution in [0.2, 0.25) is 0 Å². The van der Waals surface area contributed by atoms with Crippen LogP contribution in [0.15, 0.2) is 6.07 Å². The zero-order valence-corrected chi connectivity index (χ0v) is 10.1. The lowest BCUT2D eigenvalue weighted by atomic mass is 10.0. The fourth-order valence-corrected chi connectivity index (χ4v) is 1.09. The SMILES string of the molecule is CCC(C)(C)Nc1nc(C)cc(OC)n1. The van der Waals surface area contributed by atoms with Crippen molar-refractivity contribution in [2.45, 2.75) is 39.7 Å². The normalized spacial score (nSPS) is 11.3. The molecule has 0 aliphatic rings. The number of aryl methyl sites for hydroxylation is 1. The van der Waals surface area contributed by atoms with Gasteiger partial charge in [0.25, 0.3) is 0 Å². The van der Waals surface area contributed by atoms with Crippen LogP contribution in [0.4, 0.5) is 5.95 Å². The predicted octanol–water partition coefficient (Wildman–Crippen LogP) is 2.39. The molecular weight excluding hydrogens is 190 g/mol. The number of methoxy groups -OCH3 is 1. The molecule has 1 aromatic rings. The monoisotopic (exact) mass is 209 g/mol. The molecule has 4 nitrogen and oxygen atoms in total. The second-order valence-electron chi connectivity index (χ2n) is 4.24. The average molecular weight is 209 g/mol. The van der Waals surface area contributed by atoms with E-state index >= 15 is 0 Å². The van der Waals surface area contributed by atoms with Gasteiger partial charge in [-0.2, -0.15) is 4.98 Å². The lowest BCUT2D eigenvalue weighted by Gasteiger charge is -2.24. The Labute approximate surface area is 91.1 Å². The van der Waals surface area contributed by atoms with Crippen LogP contribution in [0.5, 0.6) is 5.88 Å². The van der Waals surface area contributed by atoms with E-state index in [4.69, 9.17) is 4.74 Å². The van der Waals surface area contributed by atoms with Crippen LogP contribution in [-0.4, -0.2) is 22.6 Å². The van der Waals surface area contributed by atoms with Crippen molar-refractivity contribution in [1.29, 1.82) is 0 Å². The molecule has 1 aromatic heterocycles. The zero-order chi connectivity index (χ0) is 11.5. The average Bonchev–Trinajstić information content (AvgIpc) is 2.16. The van der Waals surface area contributed by atoms with Crippen molar-refractivity contribution in [2.75, 3.05) is 12.4 Å². The van der Waals surface area contributed by atoms with Gasteiger partial charge < -0.3 is 10.1 Å². The third-order valence-electron chi connectivity index (χ3n) is 2.37. The summed E-state index contributed by atoms with van der Waals surface area (Å²) < 4.78 is 5.09. The molecule has 0 radical (unpaired) electrons. The lowest BCUT2D eigenvalue weighted by Crippen LogP contribution is -2.30. The Bertz CT molecular complexity index is 337. The molecule has 0 unspecified atom stereocenters. The van der Waals surface area contributed by atoms with E-state index in [1.165, 1.54) is 0 Å². The first kappa shape index (κ1) is 11.8. The van der Waals surface area contributed by atoms with Gasteiger partial charge in [0.15, 0.2) is 0 Å². The van der Waals surface area contributed by atoms with Gasteiger partial charge in [-0.15, -0.1) is 0 Å². The second kappa shape index (κ2) is 4.47. The van der Waals surface area contributed by atoms with Gasteiger partial charge in [-0.1, -0.05) is 6.92 Å². The molecular formula is C11H19N3O. The van der Waals surface area contributed by atoms with Crippen molar-refractivity contribution < 1.29 is 4.74 Å². The van der Waals surface area contributed by atoms with E-state index in [9.17, 15) is 0 Å². The van der Waals surface area contributed by atoms with Crippen molar-refractivity contribution in [2.24, 2.45) is 0 Å². The van der Waals surface area contributed by atoms with Gasteiger partial charge >= 0.3 is 0 Å². The third-order valence-corrected chi connectivity index (χ3v) is 2.37. The van der Waals surface area contributed by atoms with Gasteiger partial charge in [0.05, 0.1) is 7.11 Å². The number of hydrogen-bond acceptors (Lipinski definition) is 4. The van der Waals surface area contributed by atoms with Crippen molar-refractivity contribution >= 4 is 5.95 Å². The van der Waals surface area contributed by atoms with E-state index in [2.05, 4.69) is 36.1 Å². The molecule has 0 saturated heterocycles. The van der Waals surface area contributed by atoms with E-state index in [1.54, 1.807) is 7.11 Å². The van der Waals surface area contributed by atoms with Gasteiger partial charge in [0.2, 0.25) is 11.8 Å². The van der Waals surface area contributed by atoms with Crippen LogP contribution >= 0.6 is 0 Å². The van der Waals surface area contributed by atoms with Crippen LogP contribution in [0.25, 0.3) is 0 Å². The van der Waals surface area contributed by atoms with Crippen LogP contribution in [-0.2, 0) is 0 Å². The highest BCUT2D eigenvalue weighted by Crippen LogP contribution is 2.17. The van der Waals surface area contributed by atoms with Crippen molar-refractivity contribution in [3.8, 4) is 5.88 Å². The summed E-state index contributed by atoms with van der Waals surface area (Å²) >= 11 is 0. The van der Waals surface area contributed by atoms with Crippen LogP contribution in [0.3, 0.4) is 0 Å². The molecule has 0 fully saturated rings. The number of nitrogens with zero attached hydrogens (tertiary/aromatic N) is 2. The molecule has 0 bridgehead atoms. The summed E-state index contributed by atoms with van der Waals surface area (Å²) in [4.78, 5) is 8.55. The van der Waals surface area contributed by atoms with Gasteiger partial charge in [-0.3, -0.25) is 0 Å². The first-order valence-electron chi connectivity index (χ1n) is 5.14. The van der Waals surface area contributed by atoms with Crippen LogP contribution < -0.4 is 10.1 Å². The summed E-state index contributed by atoms with van der Waals surface area (Å²) in [7, 11) is 1.61. The number of ether oxygens (including phenoxy) is 1. The third kappa shape index (κ3) is 3.38. The number of anilines is 1. The topological polar surface area (TPSA) is 47.0 Å². The van der Waals surface area contributed by atoms with Gasteiger partial charge in [0, 0.05) is 17.3 Å². The molecule has 0 aromatic carbocycles. The molecule has 15 heavy (non-hydrogen) atoms. The Hall–Kier alpha value is -1.32. The predicted molar refractivity (Wildman–Crippen MR) is 61.3 cm³/mol. The maximum atomic E-state index is 5.09. The Morgan fingerprint density at radius 2 is 2.07 bits per heavy atom. The van der Waals surface area contributed by atoms with Crippen LogP contribution in [0, 0.1) is 6.92 Å². The Morgan fingerprint density at radius 1 is 1.40 bits per heavy atom. The summed E-state index contributed by atoms with van der Waals surface area (Å²) in [6, 6.07) is 1.81. The fourth-order valence-electron chi connectivity index (χ4n) is 1.09. The molecule has 0 atom stereocenters. The standard InChI is InChI=1S/C11H19N3O/c1-6-11(3,4)14-10-12-8(2)7-9(13-10)15-5/h7H,6H2,1-5H3,(H,12,13,14). The molecule has 0 aliphatic heterocycles. The van der Waals surface area contributed by atoms with Crippen molar-refractivity contribution in [3.05, 3.63) is 11.8 Å². The maximum Gasteiger partial charge on any atom is 0.226 e. The largest absolute Gasteiger partial charge is 0.481 e. The van der Waals surface area contributed by atoms with Gasteiger partial charge in [-0.25, -0.2) is 4.98 Å². The molecule has 1 rings (SSSR count). The van der Waals surface area contributed by atoms with Crippen LogP contribution in [0.1, 0.15) is 32.9 Å². The minimum atomic E-state index is -0.00119. The molecule has 0 spiro atoms. The quantitative estimate of drug-likeness (QED) is 0.827. The molecule has 1 heterocycles. The van der Waals surface area contributed by atoms with Gasteiger partial charge in [-0.05, 0) is 27.2 Å². The minimum absolute atomic E-state index is 0.00119.